The van der Waals surface area contributed by atoms with Crippen LogP contribution in [-0.4, -0.2) is 42.9 Å². The number of carbonyl (C=O) groups is 1. The van der Waals surface area contributed by atoms with Crippen molar-refractivity contribution in [1.82, 2.24) is 4.98 Å². The number of pyridine rings is 1. The summed E-state index contributed by atoms with van der Waals surface area (Å²) in [6.07, 6.45) is 3.69. The van der Waals surface area contributed by atoms with Gasteiger partial charge in [-0.2, -0.15) is 0 Å². The third-order valence-corrected chi connectivity index (χ3v) is 4.05. The number of hydrogen-bond acceptors (Lipinski definition) is 5. The molecule has 19 heavy (non-hydrogen) atoms. The Morgan fingerprint density at radius 1 is 1.53 bits per heavy atom. The average molecular weight is 286 g/mol. The third kappa shape index (κ3) is 3.90. The molecular weight excluding hydrogens is 272 g/mol. The first-order chi connectivity index (χ1) is 8.96. The number of ether oxygens (including phenoxy) is 1. The van der Waals surface area contributed by atoms with Gasteiger partial charge >= 0.3 is 5.97 Å². The molecule has 0 radical (unpaired) electrons. The summed E-state index contributed by atoms with van der Waals surface area (Å²) < 4.78 is 31.3. The maximum absolute atomic E-state index is 11.9. The van der Waals surface area contributed by atoms with Crippen molar-refractivity contribution in [2.24, 2.45) is 0 Å². The molecule has 7 nitrogen and oxygen atoms in total. The van der Waals surface area contributed by atoms with Gasteiger partial charge in [0.1, 0.15) is 0 Å². The summed E-state index contributed by atoms with van der Waals surface area (Å²) in [4.78, 5) is 14.4. The van der Waals surface area contributed by atoms with Crippen molar-refractivity contribution < 1.29 is 23.1 Å². The number of carboxylic acid groups (broad SMARTS) is 1. The predicted octanol–water partition coefficient (Wildman–Crippen LogP) is 0.700. The van der Waals surface area contributed by atoms with Crippen LogP contribution in [0.1, 0.15) is 23.2 Å². The lowest BCUT2D eigenvalue weighted by atomic mass is 10.3. The summed E-state index contributed by atoms with van der Waals surface area (Å²) in [5.41, 5.74) is 0.0650. The molecule has 1 aliphatic heterocycles. The Morgan fingerprint density at radius 2 is 2.32 bits per heavy atom. The first-order valence-corrected chi connectivity index (χ1v) is 7.42. The van der Waals surface area contributed by atoms with E-state index in [1.807, 2.05) is 0 Å². The summed E-state index contributed by atoms with van der Waals surface area (Å²) in [5.74, 6) is -1.29. The third-order valence-electron chi connectivity index (χ3n) is 2.69. The van der Waals surface area contributed by atoms with Gasteiger partial charge in [-0.15, -0.1) is 0 Å². The largest absolute Gasteiger partial charge is 0.478 e. The molecule has 104 valence electrons. The van der Waals surface area contributed by atoms with Crippen molar-refractivity contribution in [3.8, 4) is 0 Å². The molecule has 1 saturated heterocycles. The minimum atomic E-state index is -3.57. The van der Waals surface area contributed by atoms with Gasteiger partial charge in [0, 0.05) is 12.8 Å². The van der Waals surface area contributed by atoms with Crippen molar-refractivity contribution in [3.63, 3.8) is 0 Å². The molecule has 0 aromatic carbocycles. The van der Waals surface area contributed by atoms with Gasteiger partial charge < -0.3 is 9.84 Å². The van der Waals surface area contributed by atoms with Crippen molar-refractivity contribution in [2.75, 3.05) is 17.1 Å². The summed E-state index contributed by atoms with van der Waals surface area (Å²) in [5, 5.41) is 8.80. The van der Waals surface area contributed by atoms with Crippen LogP contribution in [-0.2, 0) is 14.8 Å². The van der Waals surface area contributed by atoms with Crippen molar-refractivity contribution in [3.05, 3.63) is 24.0 Å². The Hall–Kier alpha value is -1.67. The molecule has 0 aliphatic carbocycles. The zero-order valence-corrected chi connectivity index (χ0v) is 10.9. The van der Waals surface area contributed by atoms with E-state index in [9.17, 15) is 13.2 Å². The van der Waals surface area contributed by atoms with E-state index in [-0.39, 0.29) is 23.1 Å². The number of sulfonamides is 1. The lowest BCUT2D eigenvalue weighted by Crippen LogP contribution is -2.25. The van der Waals surface area contributed by atoms with Gasteiger partial charge in [0.15, 0.2) is 0 Å². The van der Waals surface area contributed by atoms with E-state index >= 15 is 0 Å². The Morgan fingerprint density at radius 3 is 2.95 bits per heavy atom. The lowest BCUT2D eigenvalue weighted by molar-refractivity contribution is 0.0696. The fourth-order valence-electron chi connectivity index (χ4n) is 1.85. The van der Waals surface area contributed by atoms with E-state index in [0.717, 1.165) is 12.6 Å². The van der Waals surface area contributed by atoms with Gasteiger partial charge in [0.05, 0.1) is 29.3 Å². The second-order valence-corrected chi connectivity index (χ2v) is 6.05. The van der Waals surface area contributed by atoms with Crippen LogP contribution in [0.4, 0.5) is 5.69 Å². The molecule has 2 rings (SSSR count). The number of aromatic nitrogens is 1. The van der Waals surface area contributed by atoms with Gasteiger partial charge in [0.25, 0.3) is 0 Å². The van der Waals surface area contributed by atoms with E-state index < -0.39 is 16.0 Å². The predicted molar refractivity (Wildman–Crippen MR) is 67.6 cm³/mol. The SMILES string of the molecule is O=C(O)c1cncc(NS(=O)(=O)CC2CCCO2)c1. The zero-order valence-electron chi connectivity index (χ0n) is 10.1. The summed E-state index contributed by atoms with van der Waals surface area (Å²) in [7, 11) is -3.57. The number of aromatic carboxylic acids is 1. The lowest BCUT2D eigenvalue weighted by Gasteiger charge is -2.12. The van der Waals surface area contributed by atoms with Gasteiger partial charge in [-0.25, -0.2) is 13.2 Å². The number of rotatable bonds is 5. The first kappa shape index (κ1) is 13.8. The first-order valence-electron chi connectivity index (χ1n) is 5.77. The molecule has 2 heterocycles. The highest BCUT2D eigenvalue weighted by molar-refractivity contribution is 7.92. The Kier molecular flexibility index (Phi) is 4.01. The van der Waals surface area contributed by atoms with E-state index in [1.165, 1.54) is 12.3 Å². The van der Waals surface area contributed by atoms with Gasteiger partial charge in [0.2, 0.25) is 10.0 Å². The number of nitrogens with zero attached hydrogens (tertiary/aromatic N) is 1. The average Bonchev–Trinajstić information content (AvgIpc) is 2.80. The number of hydrogen-bond donors (Lipinski definition) is 2. The van der Waals surface area contributed by atoms with Gasteiger partial charge in [-0.1, -0.05) is 0 Å². The molecule has 8 heteroatoms. The van der Waals surface area contributed by atoms with E-state index in [0.29, 0.717) is 13.0 Å². The van der Waals surface area contributed by atoms with Crippen LogP contribution < -0.4 is 4.72 Å². The van der Waals surface area contributed by atoms with Crippen LogP contribution in [0, 0.1) is 0 Å². The number of anilines is 1. The molecule has 0 amide bonds. The van der Waals surface area contributed by atoms with E-state index in [2.05, 4.69) is 9.71 Å². The summed E-state index contributed by atoms with van der Waals surface area (Å²) >= 11 is 0. The molecule has 0 bridgehead atoms. The van der Waals surface area contributed by atoms with Crippen LogP contribution in [0.3, 0.4) is 0 Å². The minimum absolute atomic E-state index is 0.0719. The Labute approximate surface area is 110 Å². The molecule has 0 saturated carbocycles. The topological polar surface area (TPSA) is 106 Å². The van der Waals surface area contributed by atoms with Gasteiger partial charge in [-0.3, -0.25) is 9.71 Å². The second kappa shape index (κ2) is 5.54. The maximum atomic E-state index is 11.9. The van der Waals surface area contributed by atoms with Gasteiger partial charge in [-0.05, 0) is 18.9 Å². The standard InChI is InChI=1S/C11H14N2O5S/c14-11(15)8-4-9(6-12-5-8)13-19(16,17)7-10-2-1-3-18-10/h4-6,10,13H,1-3,7H2,(H,14,15). The second-order valence-electron chi connectivity index (χ2n) is 4.29. The molecule has 1 atom stereocenters. The number of carboxylic acids is 1. The van der Waals surface area contributed by atoms with Crippen molar-refractivity contribution in [2.45, 2.75) is 18.9 Å². The molecule has 1 fully saturated rings. The number of nitrogens with one attached hydrogen (secondary N) is 1. The van der Waals surface area contributed by atoms with Crippen LogP contribution in [0.25, 0.3) is 0 Å². The summed E-state index contributed by atoms with van der Waals surface area (Å²) in [6, 6.07) is 1.22. The van der Waals surface area contributed by atoms with Crippen LogP contribution in [0.5, 0.6) is 0 Å². The molecule has 1 aromatic rings. The van der Waals surface area contributed by atoms with E-state index in [1.54, 1.807) is 0 Å². The fourth-order valence-corrected chi connectivity index (χ4v) is 3.16. The normalized spacial score (nSPS) is 19.3. The van der Waals surface area contributed by atoms with Crippen LogP contribution in [0.2, 0.25) is 0 Å². The molecule has 1 aliphatic rings. The molecule has 1 unspecified atom stereocenters. The fraction of sp³-hybridized carbons (Fsp3) is 0.455. The van der Waals surface area contributed by atoms with Crippen molar-refractivity contribution >= 4 is 21.7 Å². The van der Waals surface area contributed by atoms with Crippen LogP contribution in [0.15, 0.2) is 18.5 Å². The quantitative estimate of drug-likeness (QED) is 0.825. The monoisotopic (exact) mass is 286 g/mol. The van der Waals surface area contributed by atoms with Crippen molar-refractivity contribution in [1.29, 1.82) is 0 Å². The summed E-state index contributed by atoms with van der Waals surface area (Å²) in [6.45, 7) is 0.580. The highest BCUT2D eigenvalue weighted by atomic mass is 32.2. The molecular formula is C11H14N2O5S. The smallest absolute Gasteiger partial charge is 0.337 e. The molecule has 1 aromatic heterocycles. The van der Waals surface area contributed by atoms with Crippen LogP contribution >= 0.6 is 0 Å². The highest BCUT2D eigenvalue weighted by Gasteiger charge is 2.23. The maximum Gasteiger partial charge on any atom is 0.337 e. The highest BCUT2D eigenvalue weighted by Crippen LogP contribution is 2.16. The zero-order chi connectivity index (χ0) is 13.9. The molecule has 0 spiro atoms. The van der Waals surface area contributed by atoms with E-state index in [4.69, 9.17) is 9.84 Å². The Balaban J connectivity index is 2.06. The minimum Gasteiger partial charge on any atom is -0.478 e. The Bertz CT molecular complexity index is 566. The molecule has 2 N–H and O–H groups in total.